The lowest BCUT2D eigenvalue weighted by molar-refractivity contribution is -0.142. The Balaban J connectivity index is 1.85. The molecule has 0 aromatic carbocycles. The van der Waals surface area contributed by atoms with Gasteiger partial charge in [-0.25, -0.2) is 4.79 Å². The molecule has 0 spiro atoms. The number of carboxylic acids is 1. The highest BCUT2D eigenvalue weighted by atomic mass is 16.5. The highest BCUT2D eigenvalue weighted by Crippen LogP contribution is 2.12. The number of aliphatic carboxylic acids is 1. The van der Waals surface area contributed by atoms with Gasteiger partial charge in [-0.05, 0) is 18.6 Å². The van der Waals surface area contributed by atoms with Gasteiger partial charge in [0, 0.05) is 19.0 Å². The molecule has 0 fully saturated rings. The SMILES string of the molecule is CCCC[C@H](NC(=O)CCc1nc(-c2ccccn2)no1)C(=O)O. The van der Waals surface area contributed by atoms with Crippen LogP contribution in [-0.4, -0.2) is 38.1 Å². The normalized spacial score (nSPS) is 11.9. The molecular formula is C16H20N4O4. The second kappa shape index (κ2) is 8.76. The van der Waals surface area contributed by atoms with E-state index in [9.17, 15) is 9.59 Å². The number of aryl methyl sites for hydroxylation is 1. The number of unbranched alkanes of at least 4 members (excludes halogenated alkanes) is 1. The number of carboxylic acid groups (broad SMARTS) is 1. The van der Waals surface area contributed by atoms with E-state index in [-0.39, 0.29) is 18.7 Å². The van der Waals surface area contributed by atoms with Gasteiger partial charge in [0.15, 0.2) is 0 Å². The summed E-state index contributed by atoms with van der Waals surface area (Å²) in [5, 5.41) is 15.4. The third-order valence-electron chi connectivity index (χ3n) is 3.41. The van der Waals surface area contributed by atoms with Crippen molar-refractivity contribution in [3.8, 4) is 11.5 Å². The summed E-state index contributed by atoms with van der Waals surface area (Å²) in [5.74, 6) is -0.702. The number of hydrogen-bond donors (Lipinski definition) is 2. The number of carbonyl (C=O) groups is 2. The zero-order valence-electron chi connectivity index (χ0n) is 13.4. The van der Waals surface area contributed by atoms with Crippen LogP contribution in [0.15, 0.2) is 28.9 Å². The summed E-state index contributed by atoms with van der Waals surface area (Å²) in [6.45, 7) is 1.97. The molecular weight excluding hydrogens is 312 g/mol. The summed E-state index contributed by atoms with van der Waals surface area (Å²) >= 11 is 0. The number of pyridine rings is 1. The minimum atomic E-state index is -1.02. The van der Waals surface area contributed by atoms with Crippen LogP contribution in [0, 0.1) is 0 Å². The van der Waals surface area contributed by atoms with Gasteiger partial charge in [-0.15, -0.1) is 0 Å². The minimum Gasteiger partial charge on any atom is -0.480 e. The molecule has 2 aromatic rings. The topological polar surface area (TPSA) is 118 Å². The van der Waals surface area contributed by atoms with Crippen LogP contribution in [0.25, 0.3) is 11.5 Å². The largest absolute Gasteiger partial charge is 0.480 e. The minimum absolute atomic E-state index is 0.0831. The summed E-state index contributed by atoms with van der Waals surface area (Å²) in [4.78, 5) is 31.3. The van der Waals surface area contributed by atoms with E-state index in [1.807, 2.05) is 13.0 Å². The van der Waals surface area contributed by atoms with Crippen LogP contribution in [0.1, 0.15) is 38.5 Å². The molecule has 0 radical (unpaired) electrons. The van der Waals surface area contributed by atoms with E-state index in [2.05, 4.69) is 20.4 Å². The predicted octanol–water partition coefficient (Wildman–Crippen LogP) is 1.82. The Kier molecular flexibility index (Phi) is 6.41. The maximum Gasteiger partial charge on any atom is 0.326 e. The van der Waals surface area contributed by atoms with Crippen molar-refractivity contribution in [2.24, 2.45) is 0 Å². The first-order valence-electron chi connectivity index (χ1n) is 7.86. The first-order chi connectivity index (χ1) is 11.6. The summed E-state index contributed by atoms with van der Waals surface area (Å²) in [6, 6.07) is 4.50. The molecule has 0 bridgehead atoms. The van der Waals surface area contributed by atoms with Gasteiger partial charge in [0.2, 0.25) is 17.6 Å². The van der Waals surface area contributed by atoms with Crippen molar-refractivity contribution >= 4 is 11.9 Å². The Morgan fingerprint density at radius 1 is 1.38 bits per heavy atom. The standard InChI is InChI=1S/C16H20N4O4/c1-2-3-6-12(16(22)23)18-13(21)8-9-14-19-15(20-24-14)11-7-4-5-10-17-11/h4-5,7,10,12H,2-3,6,8-9H2,1H3,(H,18,21)(H,22,23)/t12-/m0/s1. The molecule has 0 unspecified atom stereocenters. The Morgan fingerprint density at radius 2 is 2.21 bits per heavy atom. The fraction of sp³-hybridized carbons (Fsp3) is 0.438. The first kappa shape index (κ1) is 17.6. The van der Waals surface area contributed by atoms with Crippen molar-refractivity contribution < 1.29 is 19.2 Å². The molecule has 2 aromatic heterocycles. The van der Waals surface area contributed by atoms with Crippen LogP contribution in [0.4, 0.5) is 0 Å². The van der Waals surface area contributed by atoms with Crippen LogP contribution >= 0.6 is 0 Å². The number of hydrogen-bond acceptors (Lipinski definition) is 6. The number of amides is 1. The maximum absolute atomic E-state index is 11.9. The van der Waals surface area contributed by atoms with Crippen LogP contribution in [-0.2, 0) is 16.0 Å². The van der Waals surface area contributed by atoms with Crippen LogP contribution < -0.4 is 5.32 Å². The second-order valence-electron chi connectivity index (χ2n) is 5.33. The maximum atomic E-state index is 11.9. The van der Waals surface area contributed by atoms with E-state index in [0.717, 1.165) is 12.8 Å². The van der Waals surface area contributed by atoms with E-state index >= 15 is 0 Å². The summed E-state index contributed by atoms with van der Waals surface area (Å²) in [6.07, 6.45) is 3.99. The van der Waals surface area contributed by atoms with Crippen LogP contribution in [0.3, 0.4) is 0 Å². The van der Waals surface area contributed by atoms with E-state index in [0.29, 0.717) is 23.8 Å². The summed E-state index contributed by atoms with van der Waals surface area (Å²) in [7, 11) is 0. The smallest absolute Gasteiger partial charge is 0.326 e. The Morgan fingerprint density at radius 3 is 2.88 bits per heavy atom. The highest BCUT2D eigenvalue weighted by Gasteiger charge is 2.19. The van der Waals surface area contributed by atoms with E-state index < -0.39 is 12.0 Å². The Bertz CT molecular complexity index is 672. The van der Waals surface area contributed by atoms with Gasteiger partial charge in [0.25, 0.3) is 0 Å². The lowest BCUT2D eigenvalue weighted by Gasteiger charge is -2.13. The average molecular weight is 332 g/mol. The monoisotopic (exact) mass is 332 g/mol. The Labute approximate surface area is 139 Å². The third kappa shape index (κ3) is 5.15. The molecule has 0 aliphatic rings. The molecule has 2 N–H and O–H groups in total. The number of nitrogens with zero attached hydrogens (tertiary/aromatic N) is 3. The molecule has 1 atom stereocenters. The average Bonchev–Trinajstić information content (AvgIpc) is 3.06. The van der Waals surface area contributed by atoms with Crippen molar-refractivity contribution in [2.45, 2.75) is 45.1 Å². The van der Waals surface area contributed by atoms with E-state index in [1.165, 1.54) is 0 Å². The van der Waals surface area contributed by atoms with Gasteiger partial charge in [-0.3, -0.25) is 9.78 Å². The number of carbonyl (C=O) groups excluding carboxylic acids is 1. The van der Waals surface area contributed by atoms with Crippen molar-refractivity contribution in [2.75, 3.05) is 0 Å². The zero-order chi connectivity index (χ0) is 17.4. The quantitative estimate of drug-likeness (QED) is 0.719. The third-order valence-corrected chi connectivity index (χ3v) is 3.41. The Hall–Kier alpha value is -2.77. The fourth-order valence-electron chi connectivity index (χ4n) is 2.11. The predicted molar refractivity (Wildman–Crippen MR) is 84.9 cm³/mol. The van der Waals surface area contributed by atoms with Crippen molar-refractivity contribution in [3.63, 3.8) is 0 Å². The highest BCUT2D eigenvalue weighted by molar-refractivity contribution is 5.83. The lowest BCUT2D eigenvalue weighted by atomic mass is 10.1. The van der Waals surface area contributed by atoms with Gasteiger partial charge in [-0.2, -0.15) is 4.98 Å². The molecule has 2 rings (SSSR count). The van der Waals surface area contributed by atoms with Gasteiger partial charge >= 0.3 is 5.97 Å². The van der Waals surface area contributed by atoms with Crippen molar-refractivity contribution in [3.05, 3.63) is 30.3 Å². The lowest BCUT2D eigenvalue weighted by Crippen LogP contribution is -2.40. The fourth-order valence-corrected chi connectivity index (χ4v) is 2.11. The number of rotatable bonds is 9. The molecule has 1 amide bonds. The van der Waals surface area contributed by atoms with Gasteiger partial charge in [0.1, 0.15) is 11.7 Å². The molecule has 2 heterocycles. The second-order valence-corrected chi connectivity index (χ2v) is 5.33. The molecule has 0 saturated carbocycles. The molecule has 8 heteroatoms. The van der Waals surface area contributed by atoms with Gasteiger partial charge in [-0.1, -0.05) is 31.0 Å². The van der Waals surface area contributed by atoms with Crippen LogP contribution in [0.5, 0.6) is 0 Å². The molecule has 0 aliphatic heterocycles. The number of aromatic nitrogens is 3. The van der Waals surface area contributed by atoms with Crippen molar-refractivity contribution in [1.82, 2.24) is 20.4 Å². The van der Waals surface area contributed by atoms with E-state index in [4.69, 9.17) is 9.63 Å². The summed E-state index contributed by atoms with van der Waals surface area (Å²) in [5.41, 5.74) is 0.586. The van der Waals surface area contributed by atoms with Crippen LogP contribution in [0.2, 0.25) is 0 Å². The first-order valence-corrected chi connectivity index (χ1v) is 7.86. The molecule has 8 nitrogen and oxygen atoms in total. The summed E-state index contributed by atoms with van der Waals surface area (Å²) < 4.78 is 5.09. The zero-order valence-corrected chi connectivity index (χ0v) is 13.4. The van der Waals surface area contributed by atoms with Crippen molar-refractivity contribution in [1.29, 1.82) is 0 Å². The number of nitrogens with one attached hydrogen (secondary N) is 1. The van der Waals surface area contributed by atoms with Gasteiger partial charge < -0.3 is 14.9 Å². The molecule has 0 aliphatic carbocycles. The molecule has 128 valence electrons. The van der Waals surface area contributed by atoms with E-state index in [1.54, 1.807) is 18.3 Å². The van der Waals surface area contributed by atoms with Gasteiger partial charge in [0.05, 0.1) is 0 Å². The molecule has 24 heavy (non-hydrogen) atoms. The molecule has 0 saturated heterocycles.